The van der Waals surface area contributed by atoms with Gasteiger partial charge in [0.1, 0.15) is 5.75 Å². The highest BCUT2D eigenvalue weighted by atomic mass is 32.2. The number of thioether (sulfide) groups is 1. The monoisotopic (exact) mass is 321 g/mol. The quantitative estimate of drug-likeness (QED) is 0.785. The molecule has 0 aliphatic heterocycles. The summed E-state index contributed by atoms with van der Waals surface area (Å²) in [7, 11) is 1.64. The predicted molar refractivity (Wildman–Crippen MR) is 89.1 cm³/mol. The zero-order chi connectivity index (χ0) is 15.1. The standard InChI is InChI=1S/C16H19NO2S2/c1-3-14(21-15-5-4-10-20-15)16(18)17-11-12-6-8-13(19-2)9-7-12/h4-10,14H,3,11H2,1-2H3,(H,17,18). The van der Waals surface area contributed by atoms with Crippen molar-refractivity contribution in [2.45, 2.75) is 29.3 Å². The van der Waals surface area contributed by atoms with Crippen LogP contribution in [0, 0.1) is 0 Å². The third-order valence-corrected chi connectivity index (χ3v) is 5.48. The minimum Gasteiger partial charge on any atom is -0.497 e. The van der Waals surface area contributed by atoms with Gasteiger partial charge in [-0.1, -0.05) is 25.1 Å². The second kappa shape index (κ2) is 8.10. The topological polar surface area (TPSA) is 38.3 Å². The molecule has 0 aliphatic rings. The summed E-state index contributed by atoms with van der Waals surface area (Å²) in [6.45, 7) is 2.59. The van der Waals surface area contributed by atoms with E-state index in [1.165, 1.54) is 4.21 Å². The minimum absolute atomic E-state index is 0.0399. The van der Waals surface area contributed by atoms with Gasteiger partial charge in [-0.15, -0.1) is 23.1 Å². The van der Waals surface area contributed by atoms with Gasteiger partial charge in [-0.2, -0.15) is 0 Å². The van der Waals surface area contributed by atoms with Crippen LogP contribution in [-0.2, 0) is 11.3 Å². The summed E-state index contributed by atoms with van der Waals surface area (Å²) in [6, 6.07) is 11.8. The van der Waals surface area contributed by atoms with E-state index in [9.17, 15) is 4.79 Å². The van der Waals surface area contributed by atoms with Gasteiger partial charge >= 0.3 is 0 Å². The van der Waals surface area contributed by atoms with Crippen LogP contribution in [0.2, 0.25) is 0 Å². The summed E-state index contributed by atoms with van der Waals surface area (Å²) >= 11 is 3.30. The Morgan fingerprint density at radius 3 is 2.67 bits per heavy atom. The second-order valence-corrected chi connectivity index (χ2v) is 6.96. The first-order chi connectivity index (χ1) is 10.2. The minimum atomic E-state index is -0.0399. The van der Waals surface area contributed by atoms with Crippen LogP contribution in [0.4, 0.5) is 0 Å². The van der Waals surface area contributed by atoms with Crippen LogP contribution in [-0.4, -0.2) is 18.3 Å². The molecule has 1 N–H and O–H groups in total. The molecule has 0 radical (unpaired) electrons. The maximum atomic E-state index is 12.2. The summed E-state index contributed by atoms with van der Waals surface area (Å²) in [5, 5.41) is 5.00. The molecule has 3 nitrogen and oxygen atoms in total. The Balaban J connectivity index is 1.86. The van der Waals surface area contributed by atoms with E-state index in [1.54, 1.807) is 30.2 Å². The fourth-order valence-corrected chi connectivity index (χ4v) is 3.82. The van der Waals surface area contributed by atoms with Gasteiger partial charge in [-0.3, -0.25) is 4.79 Å². The average Bonchev–Trinajstić information content (AvgIpc) is 3.03. The van der Waals surface area contributed by atoms with E-state index in [0.29, 0.717) is 6.54 Å². The molecule has 2 aromatic rings. The summed E-state index contributed by atoms with van der Waals surface area (Å²) in [4.78, 5) is 12.2. The number of carbonyl (C=O) groups is 1. The van der Waals surface area contributed by atoms with E-state index in [4.69, 9.17) is 4.74 Å². The highest BCUT2D eigenvalue weighted by Gasteiger charge is 2.17. The van der Waals surface area contributed by atoms with Gasteiger partial charge in [0.2, 0.25) is 5.91 Å². The molecule has 0 saturated carbocycles. The van der Waals surface area contributed by atoms with E-state index in [0.717, 1.165) is 17.7 Å². The first kappa shape index (κ1) is 15.9. The van der Waals surface area contributed by atoms with E-state index >= 15 is 0 Å². The van der Waals surface area contributed by atoms with Crippen molar-refractivity contribution in [1.82, 2.24) is 5.32 Å². The first-order valence-electron chi connectivity index (χ1n) is 6.83. The van der Waals surface area contributed by atoms with Gasteiger partial charge in [0.25, 0.3) is 0 Å². The molecule has 112 valence electrons. The smallest absolute Gasteiger partial charge is 0.233 e. The molecule has 1 atom stereocenters. The van der Waals surface area contributed by atoms with Gasteiger partial charge in [0, 0.05) is 6.54 Å². The van der Waals surface area contributed by atoms with Crippen LogP contribution in [0.3, 0.4) is 0 Å². The molecule has 0 aliphatic carbocycles. The molecule has 0 saturated heterocycles. The number of thiophene rings is 1. The number of hydrogen-bond donors (Lipinski definition) is 1. The van der Waals surface area contributed by atoms with Crippen LogP contribution in [0.5, 0.6) is 5.75 Å². The van der Waals surface area contributed by atoms with Crippen LogP contribution >= 0.6 is 23.1 Å². The zero-order valence-corrected chi connectivity index (χ0v) is 13.8. The Labute approximate surface area is 133 Å². The predicted octanol–water partition coefficient (Wildman–Crippen LogP) is 3.94. The Bertz CT molecular complexity index is 552. The van der Waals surface area contributed by atoms with Gasteiger partial charge in [0.05, 0.1) is 16.6 Å². The van der Waals surface area contributed by atoms with Gasteiger partial charge in [-0.05, 0) is 35.6 Å². The van der Waals surface area contributed by atoms with Crippen molar-refractivity contribution in [3.05, 3.63) is 47.3 Å². The van der Waals surface area contributed by atoms with Crippen molar-refractivity contribution in [3.8, 4) is 5.75 Å². The molecule has 0 fully saturated rings. The second-order valence-electron chi connectivity index (χ2n) is 4.51. The van der Waals surface area contributed by atoms with E-state index < -0.39 is 0 Å². The molecule has 1 aromatic heterocycles. The van der Waals surface area contributed by atoms with E-state index in [1.807, 2.05) is 42.6 Å². The summed E-state index contributed by atoms with van der Waals surface area (Å²) in [5.74, 6) is 0.913. The van der Waals surface area contributed by atoms with Crippen molar-refractivity contribution >= 4 is 29.0 Å². The fourth-order valence-electron chi connectivity index (χ4n) is 1.84. The highest BCUT2D eigenvalue weighted by Crippen LogP contribution is 2.29. The Hall–Kier alpha value is -1.46. The maximum absolute atomic E-state index is 12.2. The molecular weight excluding hydrogens is 302 g/mol. The number of rotatable bonds is 7. The fraction of sp³-hybridized carbons (Fsp3) is 0.312. The zero-order valence-electron chi connectivity index (χ0n) is 12.2. The Kier molecular flexibility index (Phi) is 6.14. The van der Waals surface area contributed by atoms with Gasteiger partial charge in [-0.25, -0.2) is 0 Å². The van der Waals surface area contributed by atoms with Crippen molar-refractivity contribution in [1.29, 1.82) is 0 Å². The van der Waals surface area contributed by atoms with Crippen molar-refractivity contribution in [2.24, 2.45) is 0 Å². The van der Waals surface area contributed by atoms with Crippen LogP contribution in [0.25, 0.3) is 0 Å². The lowest BCUT2D eigenvalue weighted by Crippen LogP contribution is -2.31. The van der Waals surface area contributed by atoms with Gasteiger partial charge in [0.15, 0.2) is 0 Å². The third-order valence-electron chi connectivity index (χ3n) is 3.04. The van der Waals surface area contributed by atoms with Crippen molar-refractivity contribution in [3.63, 3.8) is 0 Å². The number of methoxy groups -OCH3 is 1. The molecule has 21 heavy (non-hydrogen) atoms. The molecule has 1 aromatic carbocycles. The number of hydrogen-bond acceptors (Lipinski definition) is 4. The third kappa shape index (κ3) is 4.79. The van der Waals surface area contributed by atoms with Crippen LogP contribution in [0.15, 0.2) is 46.0 Å². The molecule has 1 amide bonds. The molecule has 1 heterocycles. The van der Waals surface area contributed by atoms with Crippen LogP contribution in [0.1, 0.15) is 18.9 Å². The molecular formula is C16H19NO2S2. The molecule has 0 spiro atoms. The highest BCUT2D eigenvalue weighted by molar-refractivity contribution is 8.02. The van der Waals surface area contributed by atoms with E-state index in [2.05, 4.69) is 11.4 Å². The Morgan fingerprint density at radius 2 is 2.10 bits per heavy atom. The Morgan fingerprint density at radius 1 is 1.33 bits per heavy atom. The number of carbonyl (C=O) groups excluding carboxylic acids is 1. The molecule has 2 rings (SSSR count). The molecule has 5 heteroatoms. The first-order valence-corrected chi connectivity index (χ1v) is 8.59. The van der Waals surface area contributed by atoms with Crippen LogP contribution < -0.4 is 10.1 Å². The number of amides is 1. The summed E-state index contributed by atoms with van der Waals surface area (Å²) < 4.78 is 6.30. The number of benzene rings is 1. The lowest BCUT2D eigenvalue weighted by atomic mass is 10.2. The van der Waals surface area contributed by atoms with Crippen molar-refractivity contribution < 1.29 is 9.53 Å². The number of ether oxygens (including phenoxy) is 1. The maximum Gasteiger partial charge on any atom is 0.233 e. The lowest BCUT2D eigenvalue weighted by molar-refractivity contribution is -0.120. The molecule has 0 bridgehead atoms. The normalized spacial score (nSPS) is 11.9. The average molecular weight is 321 g/mol. The lowest BCUT2D eigenvalue weighted by Gasteiger charge is -2.14. The largest absolute Gasteiger partial charge is 0.497 e. The summed E-state index contributed by atoms with van der Waals surface area (Å²) in [5.41, 5.74) is 1.07. The molecule has 1 unspecified atom stereocenters. The van der Waals surface area contributed by atoms with Crippen molar-refractivity contribution in [2.75, 3.05) is 7.11 Å². The van der Waals surface area contributed by atoms with E-state index in [-0.39, 0.29) is 11.2 Å². The van der Waals surface area contributed by atoms with Gasteiger partial charge < -0.3 is 10.1 Å². The SMILES string of the molecule is CCC(Sc1cccs1)C(=O)NCc1ccc(OC)cc1. The number of nitrogens with one attached hydrogen (secondary N) is 1. The summed E-state index contributed by atoms with van der Waals surface area (Å²) in [6.07, 6.45) is 0.816.